The highest BCUT2D eigenvalue weighted by Gasteiger charge is 2.51. The summed E-state index contributed by atoms with van der Waals surface area (Å²) in [5.74, 6) is 0. The molecule has 17 rings (SSSR count). The summed E-state index contributed by atoms with van der Waals surface area (Å²) in [7, 11) is -0.364. The van der Waals surface area contributed by atoms with Crippen molar-refractivity contribution in [3.63, 3.8) is 0 Å². The first-order valence-electron chi connectivity index (χ1n) is 31.4. The normalized spacial score (nSPS) is 13.6. The average molecular weight is 1170 g/mol. The molecule has 0 atom stereocenters. The fraction of sp³-hybridized carbons (Fsp3) is 0.0714. The molecule has 91 heavy (non-hydrogen) atoms. The van der Waals surface area contributed by atoms with Crippen molar-refractivity contribution in [2.45, 2.75) is 38.9 Å². The summed E-state index contributed by atoms with van der Waals surface area (Å²) in [5, 5.41) is 7.47. The number of hydrogen-bond acceptors (Lipinski definition) is 3. The minimum Gasteiger partial charge on any atom is -0.399 e. The van der Waals surface area contributed by atoms with Crippen LogP contribution < -0.4 is 10.4 Å². The lowest BCUT2D eigenvalue weighted by Crippen LogP contribution is -2.41. The summed E-state index contributed by atoms with van der Waals surface area (Å²) in [6.07, 6.45) is 0. The molecule has 0 saturated carbocycles. The maximum atomic E-state index is 6.29. The van der Waals surface area contributed by atoms with Gasteiger partial charge in [-0.25, -0.2) is 0 Å². The second kappa shape index (κ2) is 22.6. The van der Waals surface area contributed by atoms with Crippen molar-refractivity contribution in [3.8, 4) is 50.4 Å². The molecule has 16 aromatic rings. The smallest absolute Gasteiger partial charge is 0.399 e. The van der Waals surface area contributed by atoms with Crippen LogP contribution in [0, 0.1) is 0 Å². The summed E-state index contributed by atoms with van der Waals surface area (Å²) in [4.78, 5) is 2.31. The van der Waals surface area contributed by atoms with Gasteiger partial charge in [0.05, 0.1) is 44.3 Å². The van der Waals surface area contributed by atoms with Crippen LogP contribution in [0.2, 0.25) is 0 Å². The predicted octanol–water partition coefficient (Wildman–Crippen LogP) is 21.4. The molecule has 1 saturated heterocycles. The molecule has 0 N–H and O–H groups in total. The van der Waals surface area contributed by atoms with Crippen molar-refractivity contribution < 1.29 is 9.31 Å². The summed E-state index contributed by atoms with van der Waals surface area (Å²) >= 11 is 0. The van der Waals surface area contributed by atoms with Gasteiger partial charge in [0, 0.05) is 66.4 Å². The number of rotatable bonds is 10. The van der Waals surface area contributed by atoms with Crippen molar-refractivity contribution in [1.29, 1.82) is 0 Å². The van der Waals surface area contributed by atoms with Crippen LogP contribution in [-0.4, -0.2) is 32.0 Å². The summed E-state index contributed by atoms with van der Waals surface area (Å²) in [5.41, 5.74) is 21.3. The molecule has 0 bridgehead atoms. The molecular weight excluding hydrogens is 1110 g/mol. The van der Waals surface area contributed by atoms with Crippen LogP contribution in [0.4, 0.5) is 17.1 Å². The van der Waals surface area contributed by atoms with Gasteiger partial charge in [-0.15, -0.1) is 0 Å². The SMILES string of the molecule is CC1(C)OB(c2ccc3c4ccccc4n(-c4ccccc4)c3c2)OC1(C)C.c1ccc(N(c2ccccc2)c2ccc(-c3cc(-c4ccc5c6ccccc6n(-c6ccccc6)c5c4)cc(-c4ccc5c6ccccc6n(-c6ccccc6)c5c4)c3)cc2)cc1. The highest BCUT2D eigenvalue weighted by Crippen LogP contribution is 2.43. The van der Waals surface area contributed by atoms with E-state index in [0.717, 1.165) is 61.8 Å². The van der Waals surface area contributed by atoms with Crippen molar-refractivity contribution >= 4 is 95.1 Å². The number of anilines is 3. The molecule has 0 spiro atoms. The third-order valence-electron chi connectivity index (χ3n) is 18.7. The Hall–Kier alpha value is -11.0. The Kier molecular flexibility index (Phi) is 13.7. The molecule has 1 aliphatic heterocycles. The Morgan fingerprint density at radius 2 is 0.549 bits per heavy atom. The van der Waals surface area contributed by atoms with Crippen LogP contribution in [0.5, 0.6) is 0 Å². The molecule has 13 aromatic carbocycles. The monoisotopic (exact) mass is 1170 g/mol. The van der Waals surface area contributed by atoms with E-state index < -0.39 is 0 Å². The molecule has 0 amide bonds. The first kappa shape index (κ1) is 55.4. The van der Waals surface area contributed by atoms with E-state index in [1.165, 1.54) is 76.5 Å². The van der Waals surface area contributed by atoms with Gasteiger partial charge in [-0.2, -0.15) is 0 Å². The molecule has 3 aromatic heterocycles. The Bertz CT molecular complexity index is 5120. The van der Waals surface area contributed by atoms with Gasteiger partial charge < -0.3 is 27.9 Å². The lowest BCUT2D eigenvalue weighted by molar-refractivity contribution is 0.00578. The maximum absolute atomic E-state index is 6.29. The zero-order valence-corrected chi connectivity index (χ0v) is 51.3. The third-order valence-corrected chi connectivity index (χ3v) is 18.7. The molecule has 436 valence electrons. The largest absolute Gasteiger partial charge is 0.494 e. The molecule has 1 aliphatic rings. The summed E-state index contributed by atoms with van der Waals surface area (Å²) in [6.45, 7) is 8.36. The lowest BCUT2D eigenvalue weighted by atomic mass is 9.79. The van der Waals surface area contributed by atoms with Crippen molar-refractivity contribution in [2.75, 3.05) is 4.90 Å². The van der Waals surface area contributed by atoms with E-state index in [1.54, 1.807) is 0 Å². The topological polar surface area (TPSA) is 36.5 Å². The number of nitrogens with zero attached hydrogens (tertiary/aromatic N) is 4. The molecule has 0 unspecified atom stereocenters. The van der Waals surface area contributed by atoms with Crippen molar-refractivity contribution in [2.24, 2.45) is 0 Å². The van der Waals surface area contributed by atoms with Gasteiger partial charge >= 0.3 is 7.12 Å². The number of aromatic nitrogens is 3. The van der Waals surface area contributed by atoms with Gasteiger partial charge in [0.15, 0.2) is 0 Å². The van der Waals surface area contributed by atoms with Crippen molar-refractivity contribution in [1.82, 2.24) is 13.7 Å². The molecule has 0 aliphatic carbocycles. The van der Waals surface area contributed by atoms with Crippen LogP contribution >= 0.6 is 0 Å². The Morgan fingerprint density at radius 3 is 0.945 bits per heavy atom. The van der Waals surface area contributed by atoms with Crippen LogP contribution in [0.3, 0.4) is 0 Å². The quantitative estimate of drug-likeness (QED) is 0.128. The third kappa shape index (κ3) is 9.87. The second-order valence-electron chi connectivity index (χ2n) is 24.7. The van der Waals surface area contributed by atoms with Gasteiger partial charge in [0.1, 0.15) is 0 Å². The lowest BCUT2D eigenvalue weighted by Gasteiger charge is -2.32. The highest BCUT2D eigenvalue weighted by atomic mass is 16.7. The molecule has 4 heterocycles. The van der Waals surface area contributed by atoms with E-state index in [0.29, 0.717) is 0 Å². The Balaban J connectivity index is 0.000000196. The zero-order chi connectivity index (χ0) is 61.2. The zero-order valence-electron chi connectivity index (χ0n) is 51.3. The first-order valence-corrected chi connectivity index (χ1v) is 31.4. The van der Waals surface area contributed by atoms with E-state index in [2.05, 4.69) is 362 Å². The van der Waals surface area contributed by atoms with E-state index in [1.807, 2.05) is 6.07 Å². The van der Waals surface area contributed by atoms with E-state index in [-0.39, 0.29) is 18.3 Å². The molecular formula is C84H65BN4O2. The van der Waals surface area contributed by atoms with Gasteiger partial charge in [-0.1, -0.05) is 194 Å². The minimum atomic E-state index is -0.364. The number of para-hydroxylation sites is 8. The number of fused-ring (bicyclic) bond motifs is 9. The van der Waals surface area contributed by atoms with E-state index in [4.69, 9.17) is 9.31 Å². The Labute approximate surface area is 530 Å². The second-order valence-corrected chi connectivity index (χ2v) is 24.7. The molecule has 1 fully saturated rings. The van der Waals surface area contributed by atoms with Gasteiger partial charge in [-0.05, 0) is 194 Å². The Morgan fingerprint density at radius 1 is 0.253 bits per heavy atom. The first-order chi connectivity index (χ1) is 44.6. The highest BCUT2D eigenvalue weighted by molar-refractivity contribution is 6.62. The maximum Gasteiger partial charge on any atom is 0.494 e. The summed E-state index contributed by atoms with van der Waals surface area (Å²) in [6, 6.07) is 116. The average Bonchev–Trinajstić information content (AvgIpc) is 1.79. The molecule has 7 heteroatoms. The number of hydrogen-bond donors (Lipinski definition) is 0. The standard InChI is InChI=1S/C60H41N3.C24H24BNO2/c1-5-17-48(18-6-1)61(49-19-7-2-8-20-49)52-33-29-42(30-34-52)45-37-46(43-31-35-55-53-25-13-15-27-57(53)62(59(55)40-43)50-21-9-3-10-22-50)39-47(38-45)44-32-36-56-54-26-14-16-28-58(54)63(60(56)41-44)51-23-11-4-12-24-51;1-23(2)24(3,4)28-25(27-23)17-14-15-20-19-12-8-9-13-21(19)26(22(20)16-17)18-10-6-5-7-11-18/h1-41H;5-16H,1-4H3. The van der Waals surface area contributed by atoms with Crippen molar-refractivity contribution in [3.05, 3.63) is 322 Å². The minimum absolute atomic E-state index is 0.348. The van der Waals surface area contributed by atoms with E-state index >= 15 is 0 Å². The summed E-state index contributed by atoms with van der Waals surface area (Å²) < 4.78 is 19.7. The van der Waals surface area contributed by atoms with Crippen LogP contribution in [0.15, 0.2) is 322 Å². The van der Waals surface area contributed by atoms with Crippen LogP contribution in [0.1, 0.15) is 27.7 Å². The number of benzene rings is 13. The van der Waals surface area contributed by atoms with Gasteiger partial charge in [0.2, 0.25) is 0 Å². The van der Waals surface area contributed by atoms with Crippen LogP contribution in [0.25, 0.3) is 116 Å². The van der Waals surface area contributed by atoms with E-state index in [9.17, 15) is 0 Å². The van der Waals surface area contributed by atoms with Gasteiger partial charge in [0.25, 0.3) is 0 Å². The van der Waals surface area contributed by atoms with Crippen LogP contribution in [-0.2, 0) is 9.31 Å². The molecule has 0 radical (unpaired) electrons. The van der Waals surface area contributed by atoms with Gasteiger partial charge in [-0.3, -0.25) is 0 Å². The fourth-order valence-corrected chi connectivity index (χ4v) is 13.5. The fourth-order valence-electron chi connectivity index (χ4n) is 13.5. The predicted molar refractivity (Wildman–Crippen MR) is 383 cm³/mol. The molecule has 6 nitrogen and oxygen atoms in total.